The Hall–Kier alpha value is -2.09. The van der Waals surface area contributed by atoms with Gasteiger partial charge in [0.1, 0.15) is 11.6 Å². The molecule has 0 aliphatic carbocycles. The van der Waals surface area contributed by atoms with Gasteiger partial charge < -0.3 is 10.1 Å². The Bertz CT molecular complexity index is 703. The Labute approximate surface area is 131 Å². The number of anilines is 1. The zero-order valence-corrected chi connectivity index (χ0v) is 12.3. The average molecular weight is 378 g/mol. The number of carbonyl (C=O) groups excluding carboxylic acids is 1. The van der Waals surface area contributed by atoms with Crippen molar-refractivity contribution in [1.82, 2.24) is 0 Å². The van der Waals surface area contributed by atoms with Crippen LogP contribution < -0.4 is 10.1 Å². The molecule has 2 aromatic rings. The molecule has 2 rings (SSSR count). The van der Waals surface area contributed by atoms with Crippen molar-refractivity contribution in [3.63, 3.8) is 0 Å². The molecule has 0 aliphatic rings. The van der Waals surface area contributed by atoms with Crippen molar-refractivity contribution < 1.29 is 27.1 Å². The van der Waals surface area contributed by atoms with Gasteiger partial charge in [-0.1, -0.05) is 6.07 Å². The Morgan fingerprint density at radius 1 is 1.14 bits per heavy atom. The predicted octanol–water partition coefficient (Wildman–Crippen LogP) is 4.74. The van der Waals surface area contributed by atoms with E-state index in [2.05, 4.69) is 26.0 Å². The van der Waals surface area contributed by atoms with Crippen molar-refractivity contribution in [2.75, 3.05) is 5.32 Å². The van der Waals surface area contributed by atoms with E-state index in [4.69, 9.17) is 0 Å². The van der Waals surface area contributed by atoms with Gasteiger partial charge >= 0.3 is 6.36 Å². The third-order valence-corrected chi connectivity index (χ3v) is 3.16. The molecule has 0 aromatic heterocycles. The maximum Gasteiger partial charge on any atom is 0.573 e. The summed E-state index contributed by atoms with van der Waals surface area (Å²) in [4.78, 5) is 12.0. The molecule has 0 spiro atoms. The summed E-state index contributed by atoms with van der Waals surface area (Å²) in [5, 5.41) is 2.41. The summed E-state index contributed by atoms with van der Waals surface area (Å²) in [5.74, 6) is -1.58. The van der Waals surface area contributed by atoms with Crippen LogP contribution in [0.25, 0.3) is 0 Å². The van der Waals surface area contributed by atoms with Crippen LogP contribution in [0.3, 0.4) is 0 Å². The number of amides is 1. The van der Waals surface area contributed by atoms with Crippen molar-refractivity contribution in [1.29, 1.82) is 0 Å². The molecule has 1 amide bonds. The lowest BCUT2D eigenvalue weighted by Crippen LogP contribution is -2.17. The molecule has 0 unspecified atom stereocenters. The highest BCUT2D eigenvalue weighted by molar-refractivity contribution is 9.10. The second-order valence-electron chi connectivity index (χ2n) is 4.15. The number of nitrogens with one attached hydrogen (secondary N) is 1. The van der Waals surface area contributed by atoms with Gasteiger partial charge in [-0.05, 0) is 46.3 Å². The van der Waals surface area contributed by atoms with E-state index in [1.165, 1.54) is 18.2 Å². The number of hydrogen-bond acceptors (Lipinski definition) is 2. The molecule has 2 aromatic carbocycles. The van der Waals surface area contributed by atoms with Gasteiger partial charge in [0.05, 0.1) is 5.56 Å². The van der Waals surface area contributed by atoms with Crippen LogP contribution in [-0.2, 0) is 0 Å². The zero-order chi connectivity index (χ0) is 16.3. The SMILES string of the molecule is O=C(Nc1cccc(OC(F)(F)F)c1)c1ccc(F)cc1Br. The van der Waals surface area contributed by atoms with Crippen molar-refractivity contribution >= 4 is 27.5 Å². The summed E-state index contributed by atoms with van der Waals surface area (Å²) < 4.78 is 53.4. The molecular formula is C14H8BrF4NO2. The molecule has 116 valence electrons. The lowest BCUT2D eigenvalue weighted by molar-refractivity contribution is -0.274. The van der Waals surface area contributed by atoms with E-state index in [1.807, 2.05) is 0 Å². The van der Waals surface area contributed by atoms with Crippen LogP contribution in [-0.4, -0.2) is 12.3 Å². The molecule has 0 bridgehead atoms. The molecule has 0 radical (unpaired) electrons. The van der Waals surface area contributed by atoms with E-state index >= 15 is 0 Å². The Morgan fingerprint density at radius 2 is 1.86 bits per heavy atom. The summed E-state index contributed by atoms with van der Waals surface area (Å²) in [6.45, 7) is 0. The van der Waals surface area contributed by atoms with Crippen molar-refractivity contribution in [3.8, 4) is 5.75 Å². The van der Waals surface area contributed by atoms with Crippen LogP contribution >= 0.6 is 15.9 Å². The first kappa shape index (κ1) is 16.3. The normalized spacial score (nSPS) is 11.1. The molecule has 0 fully saturated rings. The van der Waals surface area contributed by atoms with Gasteiger partial charge in [0.2, 0.25) is 0 Å². The topological polar surface area (TPSA) is 38.3 Å². The van der Waals surface area contributed by atoms with Crippen molar-refractivity contribution in [2.45, 2.75) is 6.36 Å². The zero-order valence-electron chi connectivity index (χ0n) is 10.7. The Kier molecular flexibility index (Phi) is 4.70. The minimum Gasteiger partial charge on any atom is -0.406 e. The number of ether oxygens (including phenoxy) is 1. The first-order valence-electron chi connectivity index (χ1n) is 5.87. The number of hydrogen-bond donors (Lipinski definition) is 1. The van der Waals surface area contributed by atoms with E-state index in [0.29, 0.717) is 0 Å². The van der Waals surface area contributed by atoms with Crippen LogP contribution in [0.2, 0.25) is 0 Å². The summed E-state index contributed by atoms with van der Waals surface area (Å²) in [5.41, 5.74) is 0.256. The smallest absolute Gasteiger partial charge is 0.406 e. The van der Waals surface area contributed by atoms with Gasteiger partial charge in [-0.15, -0.1) is 13.2 Å². The van der Waals surface area contributed by atoms with E-state index in [0.717, 1.165) is 24.3 Å². The Balaban J connectivity index is 2.16. The first-order valence-corrected chi connectivity index (χ1v) is 6.66. The van der Waals surface area contributed by atoms with Gasteiger partial charge in [-0.2, -0.15) is 0 Å². The van der Waals surface area contributed by atoms with E-state index in [1.54, 1.807) is 0 Å². The molecular weight excluding hydrogens is 370 g/mol. The maximum atomic E-state index is 13.0. The Morgan fingerprint density at radius 3 is 2.50 bits per heavy atom. The minimum atomic E-state index is -4.82. The highest BCUT2D eigenvalue weighted by Crippen LogP contribution is 2.26. The summed E-state index contributed by atoms with van der Waals surface area (Å²) in [6.07, 6.45) is -4.82. The molecule has 0 aliphatic heterocycles. The van der Waals surface area contributed by atoms with E-state index in [-0.39, 0.29) is 15.7 Å². The number of rotatable bonds is 3. The van der Waals surface area contributed by atoms with Crippen molar-refractivity contribution in [2.24, 2.45) is 0 Å². The molecule has 0 saturated carbocycles. The third kappa shape index (κ3) is 4.45. The fourth-order valence-corrected chi connectivity index (χ4v) is 2.17. The molecule has 0 atom stereocenters. The van der Waals surface area contributed by atoms with Gasteiger partial charge in [0.15, 0.2) is 0 Å². The predicted molar refractivity (Wildman–Crippen MR) is 75.2 cm³/mol. The van der Waals surface area contributed by atoms with Gasteiger partial charge in [-0.25, -0.2) is 4.39 Å². The fraction of sp³-hybridized carbons (Fsp3) is 0.0714. The molecule has 1 N–H and O–H groups in total. The van der Waals surface area contributed by atoms with Crippen LogP contribution in [0.4, 0.5) is 23.2 Å². The quantitative estimate of drug-likeness (QED) is 0.784. The summed E-state index contributed by atoms with van der Waals surface area (Å²) >= 11 is 3.04. The minimum absolute atomic E-state index is 0.114. The van der Waals surface area contributed by atoms with Crippen LogP contribution in [0.15, 0.2) is 46.9 Å². The molecule has 22 heavy (non-hydrogen) atoms. The second-order valence-corrected chi connectivity index (χ2v) is 5.01. The standard InChI is InChI=1S/C14H8BrF4NO2/c15-12-6-8(16)4-5-11(12)13(21)20-9-2-1-3-10(7-9)22-14(17,18)19/h1-7H,(H,20,21). The monoisotopic (exact) mass is 377 g/mol. The summed E-state index contributed by atoms with van der Waals surface area (Å²) in [7, 11) is 0. The average Bonchev–Trinajstić information content (AvgIpc) is 2.36. The first-order chi connectivity index (χ1) is 10.2. The highest BCUT2D eigenvalue weighted by Gasteiger charge is 2.31. The number of carbonyl (C=O) groups is 1. The van der Waals surface area contributed by atoms with E-state index < -0.39 is 23.8 Å². The molecule has 8 heteroatoms. The van der Waals surface area contributed by atoms with Crippen molar-refractivity contribution in [3.05, 3.63) is 58.3 Å². The van der Waals surface area contributed by atoms with Gasteiger partial charge in [0.25, 0.3) is 5.91 Å². The number of alkyl halides is 3. The van der Waals surface area contributed by atoms with Crippen LogP contribution in [0.1, 0.15) is 10.4 Å². The lowest BCUT2D eigenvalue weighted by atomic mass is 10.2. The van der Waals surface area contributed by atoms with Crippen LogP contribution in [0.5, 0.6) is 5.75 Å². The fourth-order valence-electron chi connectivity index (χ4n) is 1.64. The van der Waals surface area contributed by atoms with Crippen LogP contribution in [0, 0.1) is 5.82 Å². The van der Waals surface area contributed by atoms with E-state index in [9.17, 15) is 22.4 Å². The maximum absolute atomic E-state index is 13.0. The second kappa shape index (κ2) is 6.35. The molecule has 0 saturated heterocycles. The largest absolute Gasteiger partial charge is 0.573 e. The van der Waals surface area contributed by atoms with Gasteiger partial charge in [-0.3, -0.25) is 4.79 Å². The lowest BCUT2D eigenvalue weighted by Gasteiger charge is -2.11. The summed E-state index contributed by atoms with van der Waals surface area (Å²) in [6, 6.07) is 8.31. The number of benzene rings is 2. The molecule has 3 nitrogen and oxygen atoms in total. The van der Waals surface area contributed by atoms with Gasteiger partial charge in [0, 0.05) is 16.2 Å². The third-order valence-electron chi connectivity index (χ3n) is 2.50. The highest BCUT2D eigenvalue weighted by atomic mass is 79.9. The number of halogens is 5. The molecule has 0 heterocycles.